The quantitative estimate of drug-likeness (QED) is 0.868. The third-order valence-corrected chi connectivity index (χ3v) is 5.03. The van der Waals surface area contributed by atoms with Crippen molar-refractivity contribution in [2.75, 3.05) is 6.54 Å². The molecule has 0 atom stereocenters. The molecule has 1 aliphatic carbocycles. The Labute approximate surface area is 132 Å². The average Bonchev–Trinajstić information content (AvgIpc) is 2.44. The van der Waals surface area contributed by atoms with E-state index in [1.165, 1.54) is 12.8 Å². The molecule has 1 fully saturated rings. The van der Waals surface area contributed by atoms with E-state index in [1.807, 2.05) is 12.1 Å². The van der Waals surface area contributed by atoms with Gasteiger partial charge in [-0.1, -0.05) is 42.3 Å². The van der Waals surface area contributed by atoms with E-state index in [1.54, 1.807) is 0 Å². The van der Waals surface area contributed by atoms with Gasteiger partial charge in [-0.25, -0.2) is 0 Å². The normalized spacial score (nSPS) is 23.2. The van der Waals surface area contributed by atoms with Crippen LogP contribution in [-0.4, -0.2) is 23.5 Å². The van der Waals surface area contributed by atoms with Gasteiger partial charge in [-0.3, -0.25) is 4.90 Å². The molecule has 1 aromatic carbocycles. The van der Waals surface area contributed by atoms with Gasteiger partial charge in [0.1, 0.15) is 0 Å². The van der Waals surface area contributed by atoms with E-state index in [0.29, 0.717) is 22.1 Å². The molecule has 0 amide bonds. The number of nitrogens with two attached hydrogens (primary N) is 1. The van der Waals surface area contributed by atoms with E-state index >= 15 is 0 Å². The highest BCUT2D eigenvalue weighted by molar-refractivity contribution is 6.42. The van der Waals surface area contributed by atoms with Crippen molar-refractivity contribution in [1.82, 2.24) is 4.90 Å². The van der Waals surface area contributed by atoms with Crippen LogP contribution >= 0.6 is 23.2 Å². The summed E-state index contributed by atoms with van der Waals surface area (Å²) in [6.07, 6.45) is 5.81. The summed E-state index contributed by atoms with van der Waals surface area (Å²) in [7, 11) is 0. The van der Waals surface area contributed by atoms with Crippen molar-refractivity contribution < 1.29 is 0 Å². The van der Waals surface area contributed by atoms with Crippen LogP contribution in [0.2, 0.25) is 10.0 Å². The van der Waals surface area contributed by atoms with E-state index in [4.69, 9.17) is 28.9 Å². The van der Waals surface area contributed by atoms with Gasteiger partial charge in [0.15, 0.2) is 0 Å². The summed E-state index contributed by atoms with van der Waals surface area (Å²) >= 11 is 12.4. The lowest BCUT2D eigenvalue weighted by atomic mass is 9.90. The fourth-order valence-corrected chi connectivity index (χ4v) is 3.41. The molecule has 1 aromatic rings. The van der Waals surface area contributed by atoms with Gasteiger partial charge in [0.25, 0.3) is 0 Å². The maximum absolute atomic E-state index is 6.32. The molecular weight excluding hydrogens is 291 g/mol. The zero-order valence-corrected chi connectivity index (χ0v) is 13.6. The maximum Gasteiger partial charge on any atom is 0.0637 e. The van der Waals surface area contributed by atoms with Crippen molar-refractivity contribution in [3.63, 3.8) is 0 Å². The Kier molecular flexibility index (Phi) is 6.16. The molecule has 2 N–H and O–H groups in total. The van der Waals surface area contributed by atoms with Crippen molar-refractivity contribution in [2.24, 2.45) is 5.73 Å². The van der Waals surface area contributed by atoms with Crippen LogP contribution in [0.25, 0.3) is 0 Å². The summed E-state index contributed by atoms with van der Waals surface area (Å²) in [5.74, 6) is 0. The van der Waals surface area contributed by atoms with Gasteiger partial charge in [0.2, 0.25) is 0 Å². The summed E-state index contributed by atoms with van der Waals surface area (Å²) in [5.41, 5.74) is 7.14. The summed E-state index contributed by atoms with van der Waals surface area (Å²) in [6, 6.07) is 6.92. The Morgan fingerprint density at radius 2 is 1.90 bits per heavy atom. The number of hydrogen-bond acceptors (Lipinski definition) is 2. The van der Waals surface area contributed by atoms with Gasteiger partial charge >= 0.3 is 0 Å². The molecule has 2 nitrogen and oxygen atoms in total. The van der Waals surface area contributed by atoms with Crippen molar-refractivity contribution >= 4 is 23.2 Å². The van der Waals surface area contributed by atoms with Gasteiger partial charge in [-0.2, -0.15) is 0 Å². The Hall–Kier alpha value is -0.280. The Morgan fingerprint density at radius 1 is 1.20 bits per heavy atom. The zero-order chi connectivity index (χ0) is 14.5. The highest BCUT2D eigenvalue weighted by Crippen LogP contribution is 2.29. The monoisotopic (exact) mass is 314 g/mol. The van der Waals surface area contributed by atoms with Crippen molar-refractivity contribution in [1.29, 1.82) is 0 Å². The van der Waals surface area contributed by atoms with Gasteiger partial charge in [-0.05, 0) is 50.3 Å². The third kappa shape index (κ3) is 4.11. The second-order valence-corrected chi connectivity index (χ2v) is 6.54. The number of nitrogens with zero attached hydrogens (tertiary/aromatic N) is 1. The molecule has 0 radical (unpaired) electrons. The molecule has 4 heteroatoms. The number of rotatable bonds is 5. The second-order valence-electron chi connectivity index (χ2n) is 5.75. The topological polar surface area (TPSA) is 29.3 Å². The Morgan fingerprint density at radius 3 is 2.55 bits per heavy atom. The highest BCUT2D eigenvalue weighted by atomic mass is 35.5. The number of halogens is 2. The molecule has 1 aliphatic rings. The van der Waals surface area contributed by atoms with Gasteiger partial charge in [0.05, 0.1) is 10.0 Å². The molecule has 0 aliphatic heterocycles. The minimum Gasteiger partial charge on any atom is -0.328 e. The first-order chi connectivity index (χ1) is 9.61. The first-order valence-corrected chi connectivity index (χ1v) is 8.30. The second kappa shape index (κ2) is 7.65. The Bertz CT molecular complexity index is 428. The summed E-state index contributed by atoms with van der Waals surface area (Å²) in [4.78, 5) is 2.55. The lowest BCUT2D eigenvalue weighted by Crippen LogP contribution is -2.40. The molecule has 0 unspecified atom stereocenters. The molecule has 112 valence electrons. The van der Waals surface area contributed by atoms with E-state index in [2.05, 4.69) is 17.9 Å². The fraction of sp³-hybridized carbons (Fsp3) is 0.625. The molecule has 2 rings (SSSR count). The minimum absolute atomic E-state index is 0.393. The maximum atomic E-state index is 6.32. The van der Waals surface area contributed by atoms with Crippen LogP contribution in [0.5, 0.6) is 0 Å². The van der Waals surface area contributed by atoms with E-state index < -0.39 is 0 Å². The van der Waals surface area contributed by atoms with Gasteiger partial charge in [-0.15, -0.1) is 0 Å². The molecule has 0 aromatic heterocycles. The fourth-order valence-electron chi connectivity index (χ4n) is 3.03. The predicted octanol–water partition coefficient (Wildman–Crippen LogP) is 4.48. The Balaban J connectivity index is 2.07. The molecule has 20 heavy (non-hydrogen) atoms. The third-order valence-electron chi connectivity index (χ3n) is 4.17. The van der Waals surface area contributed by atoms with Gasteiger partial charge < -0.3 is 5.73 Å². The van der Waals surface area contributed by atoms with E-state index in [9.17, 15) is 0 Å². The summed E-state index contributed by atoms with van der Waals surface area (Å²) in [5, 5.41) is 1.34. The first kappa shape index (κ1) is 16.1. The van der Waals surface area contributed by atoms with E-state index in [-0.39, 0.29) is 0 Å². The molecule has 1 saturated carbocycles. The standard InChI is InChI=1S/C16H24Cl2N2/c1-2-10-20(14-8-6-13(19)7-9-14)11-12-4-3-5-15(17)16(12)18/h3-5,13-14H,2,6-11,19H2,1H3. The van der Waals surface area contributed by atoms with Crippen LogP contribution in [-0.2, 0) is 6.54 Å². The summed E-state index contributed by atoms with van der Waals surface area (Å²) in [6.45, 7) is 4.21. The number of hydrogen-bond donors (Lipinski definition) is 1. The lowest BCUT2D eigenvalue weighted by Gasteiger charge is -2.36. The van der Waals surface area contributed by atoms with Crippen LogP contribution in [0.15, 0.2) is 18.2 Å². The molecule has 0 saturated heterocycles. The highest BCUT2D eigenvalue weighted by Gasteiger charge is 2.24. The van der Waals surface area contributed by atoms with Crippen LogP contribution in [0, 0.1) is 0 Å². The predicted molar refractivity (Wildman–Crippen MR) is 87.4 cm³/mol. The van der Waals surface area contributed by atoms with Crippen molar-refractivity contribution in [3.8, 4) is 0 Å². The molecule has 0 heterocycles. The van der Waals surface area contributed by atoms with Crippen molar-refractivity contribution in [2.45, 2.75) is 57.7 Å². The van der Waals surface area contributed by atoms with Crippen molar-refractivity contribution in [3.05, 3.63) is 33.8 Å². The smallest absolute Gasteiger partial charge is 0.0637 e. The van der Waals surface area contributed by atoms with Crippen LogP contribution < -0.4 is 5.73 Å². The zero-order valence-electron chi connectivity index (χ0n) is 12.1. The first-order valence-electron chi connectivity index (χ1n) is 7.54. The van der Waals surface area contributed by atoms with Crippen LogP contribution in [0.4, 0.5) is 0 Å². The molecule has 0 bridgehead atoms. The minimum atomic E-state index is 0.393. The summed E-state index contributed by atoms with van der Waals surface area (Å²) < 4.78 is 0. The lowest BCUT2D eigenvalue weighted by molar-refractivity contribution is 0.142. The van der Waals surface area contributed by atoms with E-state index in [0.717, 1.165) is 37.9 Å². The number of benzene rings is 1. The van der Waals surface area contributed by atoms with Crippen LogP contribution in [0.3, 0.4) is 0 Å². The largest absolute Gasteiger partial charge is 0.328 e. The van der Waals surface area contributed by atoms with Crippen LogP contribution in [0.1, 0.15) is 44.6 Å². The SMILES string of the molecule is CCCN(Cc1cccc(Cl)c1Cl)C1CCC(N)CC1. The molecular formula is C16H24Cl2N2. The van der Waals surface area contributed by atoms with Gasteiger partial charge in [0, 0.05) is 18.6 Å². The molecule has 0 spiro atoms. The average molecular weight is 315 g/mol.